The van der Waals surface area contributed by atoms with E-state index < -0.39 is 5.60 Å². The molecule has 0 amide bonds. The molecule has 0 aromatic rings. The summed E-state index contributed by atoms with van der Waals surface area (Å²) in [6.07, 6.45) is 0.644. The number of nitrogens with two attached hydrogens (primary N) is 1. The summed E-state index contributed by atoms with van der Waals surface area (Å²) in [6, 6.07) is 0. The fourth-order valence-corrected chi connectivity index (χ4v) is 1.53. The Kier molecular flexibility index (Phi) is 7.93. The van der Waals surface area contributed by atoms with E-state index in [9.17, 15) is 5.11 Å². The van der Waals surface area contributed by atoms with Crippen molar-refractivity contribution in [3.63, 3.8) is 0 Å². The van der Waals surface area contributed by atoms with E-state index in [0.29, 0.717) is 38.0 Å². The predicted molar refractivity (Wildman–Crippen MR) is 67.4 cm³/mol. The lowest BCUT2D eigenvalue weighted by Crippen LogP contribution is -2.42. The molecule has 0 aromatic carbocycles. The minimum Gasteiger partial charge on any atom is -0.389 e. The van der Waals surface area contributed by atoms with Crippen LogP contribution in [0, 0.1) is 11.8 Å². The van der Waals surface area contributed by atoms with Gasteiger partial charge in [-0.15, -0.1) is 0 Å². The van der Waals surface area contributed by atoms with Crippen LogP contribution < -0.4 is 11.1 Å². The van der Waals surface area contributed by atoms with Crippen LogP contribution >= 0.6 is 0 Å². The van der Waals surface area contributed by atoms with Crippen molar-refractivity contribution in [1.82, 2.24) is 5.32 Å². The van der Waals surface area contributed by atoms with E-state index in [4.69, 9.17) is 10.5 Å². The van der Waals surface area contributed by atoms with Crippen LogP contribution in [0.4, 0.5) is 0 Å². The third kappa shape index (κ3) is 7.17. The van der Waals surface area contributed by atoms with Gasteiger partial charge in [-0.1, -0.05) is 13.8 Å². The molecule has 16 heavy (non-hydrogen) atoms. The second kappa shape index (κ2) is 8.01. The van der Waals surface area contributed by atoms with Gasteiger partial charge in [-0.3, -0.25) is 0 Å². The van der Waals surface area contributed by atoms with Crippen LogP contribution in [0.3, 0.4) is 0 Å². The van der Waals surface area contributed by atoms with Crippen LogP contribution in [0.15, 0.2) is 0 Å². The molecule has 4 nitrogen and oxygen atoms in total. The van der Waals surface area contributed by atoms with Crippen LogP contribution in [0.25, 0.3) is 0 Å². The molecule has 0 rings (SSSR count). The zero-order valence-corrected chi connectivity index (χ0v) is 11.1. The number of aliphatic hydroxyl groups is 1. The second-order valence-corrected chi connectivity index (χ2v) is 5.11. The fourth-order valence-electron chi connectivity index (χ4n) is 1.53. The summed E-state index contributed by atoms with van der Waals surface area (Å²) < 4.78 is 4.96. The normalized spacial score (nSPS) is 17.4. The molecular formula is C12H28N2O2. The van der Waals surface area contributed by atoms with E-state index in [0.717, 1.165) is 6.54 Å². The first-order chi connectivity index (χ1) is 7.43. The zero-order chi connectivity index (χ0) is 12.6. The maximum absolute atomic E-state index is 10.00. The Morgan fingerprint density at radius 3 is 2.50 bits per heavy atom. The molecule has 0 radical (unpaired) electrons. The third-order valence-electron chi connectivity index (χ3n) is 3.00. The molecule has 0 fully saturated rings. The molecular weight excluding hydrogens is 204 g/mol. The average molecular weight is 232 g/mol. The fraction of sp³-hybridized carbons (Fsp3) is 1.00. The van der Waals surface area contributed by atoms with Gasteiger partial charge in [-0.05, 0) is 31.8 Å². The topological polar surface area (TPSA) is 67.5 Å². The Morgan fingerprint density at radius 1 is 1.44 bits per heavy atom. The maximum Gasteiger partial charge on any atom is 0.0765 e. The van der Waals surface area contributed by atoms with E-state index in [-0.39, 0.29) is 0 Å². The van der Waals surface area contributed by atoms with Gasteiger partial charge in [0.25, 0.3) is 0 Å². The summed E-state index contributed by atoms with van der Waals surface area (Å²) in [5, 5.41) is 13.3. The molecule has 0 aromatic heterocycles. The Morgan fingerprint density at radius 2 is 2.06 bits per heavy atom. The van der Waals surface area contributed by atoms with Gasteiger partial charge in [-0.2, -0.15) is 0 Å². The molecule has 0 aliphatic carbocycles. The lowest BCUT2D eigenvalue weighted by molar-refractivity contribution is 0.0240. The molecule has 4 heteroatoms. The van der Waals surface area contributed by atoms with Crippen molar-refractivity contribution < 1.29 is 9.84 Å². The SMILES string of the molecule is COCCC(C)(O)CNCC(CN)C(C)C. The average Bonchev–Trinajstić information content (AvgIpc) is 2.21. The highest BCUT2D eigenvalue weighted by Gasteiger charge is 2.20. The minimum absolute atomic E-state index is 0.471. The molecule has 0 heterocycles. The smallest absolute Gasteiger partial charge is 0.0765 e. The van der Waals surface area contributed by atoms with Gasteiger partial charge in [0.05, 0.1) is 5.60 Å². The Bertz CT molecular complexity index is 172. The van der Waals surface area contributed by atoms with E-state index >= 15 is 0 Å². The lowest BCUT2D eigenvalue weighted by Gasteiger charge is -2.26. The maximum atomic E-state index is 10.00. The van der Waals surface area contributed by atoms with Crippen molar-refractivity contribution in [2.24, 2.45) is 17.6 Å². The largest absolute Gasteiger partial charge is 0.389 e. The summed E-state index contributed by atoms with van der Waals surface area (Å²) in [4.78, 5) is 0. The highest BCUT2D eigenvalue weighted by molar-refractivity contribution is 4.77. The summed E-state index contributed by atoms with van der Waals surface area (Å²) in [7, 11) is 1.65. The van der Waals surface area contributed by atoms with Crippen LogP contribution in [-0.4, -0.2) is 44.1 Å². The summed E-state index contributed by atoms with van der Waals surface area (Å²) in [5.74, 6) is 1.04. The van der Waals surface area contributed by atoms with Crippen molar-refractivity contribution in [3.05, 3.63) is 0 Å². The molecule has 98 valence electrons. The first-order valence-corrected chi connectivity index (χ1v) is 6.05. The van der Waals surface area contributed by atoms with Crippen molar-refractivity contribution in [1.29, 1.82) is 0 Å². The number of hydrogen-bond donors (Lipinski definition) is 3. The lowest BCUT2D eigenvalue weighted by atomic mass is 9.95. The molecule has 0 spiro atoms. The molecule has 0 bridgehead atoms. The zero-order valence-electron chi connectivity index (χ0n) is 11.1. The summed E-state index contributed by atoms with van der Waals surface area (Å²) in [6.45, 7) is 8.87. The standard InChI is InChI=1S/C12H28N2O2/c1-10(2)11(7-13)8-14-9-12(3,15)5-6-16-4/h10-11,14-15H,5-9,13H2,1-4H3. The van der Waals surface area contributed by atoms with Crippen LogP contribution in [-0.2, 0) is 4.74 Å². The van der Waals surface area contributed by atoms with Crippen LogP contribution in [0.1, 0.15) is 27.2 Å². The molecule has 0 saturated heterocycles. The monoisotopic (exact) mass is 232 g/mol. The highest BCUT2D eigenvalue weighted by atomic mass is 16.5. The molecule has 0 saturated carbocycles. The molecule has 2 unspecified atom stereocenters. The van der Waals surface area contributed by atoms with Crippen molar-refractivity contribution in [2.45, 2.75) is 32.8 Å². The first kappa shape index (κ1) is 15.8. The van der Waals surface area contributed by atoms with Crippen molar-refractivity contribution >= 4 is 0 Å². The Balaban J connectivity index is 3.78. The van der Waals surface area contributed by atoms with Crippen molar-refractivity contribution in [2.75, 3.05) is 33.4 Å². The minimum atomic E-state index is -0.702. The number of nitrogens with one attached hydrogen (secondary N) is 1. The van der Waals surface area contributed by atoms with E-state index in [1.807, 2.05) is 6.92 Å². The molecule has 0 aliphatic heterocycles. The molecule has 4 N–H and O–H groups in total. The third-order valence-corrected chi connectivity index (χ3v) is 3.00. The summed E-state index contributed by atoms with van der Waals surface area (Å²) >= 11 is 0. The molecule has 2 atom stereocenters. The Labute approximate surface area is 99.6 Å². The number of methoxy groups -OCH3 is 1. The predicted octanol–water partition coefficient (Wildman–Crippen LogP) is 0.594. The van der Waals surface area contributed by atoms with Gasteiger partial charge in [0, 0.05) is 26.7 Å². The van der Waals surface area contributed by atoms with Crippen LogP contribution in [0.5, 0.6) is 0 Å². The van der Waals surface area contributed by atoms with Gasteiger partial charge in [-0.25, -0.2) is 0 Å². The van der Waals surface area contributed by atoms with E-state index in [2.05, 4.69) is 19.2 Å². The molecule has 0 aliphatic rings. The van der Waals surface area contributed by atoms with E-state index in [1.165, 1.54) is 0 Å². The first-order valence-electron chi connectivity index (χ1n) is 6.05. The van der Waals surface area contributed by atoms with Gasteiger partial charge < -0.3 is 20.9 Å². The highest BCUT2D eigenvalue weighted by Crippen LogP contribution is 2.10. The van der Waals surface area contributed by atoms with Gasteiger partial charge in [0.15, 0.2) is 0 Å². The van der Waals surface area contributed by atoms with Crippen molar-refractivity contribution in [3.8, 4) is 0 Å². The van der Waals surface area contributed by atoms with Gasteiger partial charge in [0.2, 0.25) is 0 Å². The van der Waals surface area contributed by atoms with Gasteiger partial charge in [0.1, 0.15) is 0 Å². The number of hydrogen-bond acceptors (Lipinski definition) is 4. The summed E-state index contributed by atoms with van der Waals surface area (Å²) in [5.41, 5.74) is 4.98. The van der Waals surface area contributed by atoms with Gasteiger partial charge >= 0.3 is 0 Å². The number of ether oxygens (including phenoxy) is 1. The number of rotatable bonds is 9. The Hall–Kier alpha value is -0.160. The van der Waals surface area contributed by atoms with Crippen LogP contribution in [0.2, 0.25) is 0 Å². The van der Waals surface area contributed by atoms with E-state index in [1.54, 1.807) is 7.11 Å². The second-order valence-electron chi connectivity index (χ2n) is 5.11. The quantitative estimate of drug-likeness (QED) is 0.544.